The van der Waals surface area contributed by atoms with Crippen molar-refractivity contribution >= 4 is 10.1 Å². The molecule has 0 aliphatic carbocycles. The molecule has 1 heterocycles. The molecular weight excluding hydrogens is 230 g/mol. The molecule has 1 aromatic heterocycles. The van der Waals surface area contributed by atoms with E-state index in [-0.39, 0.29) is 4.90 Å². The van der Waals surface area contributed by atoms with Gasteiger partial charge in [0.15, 0.2) is 5.82 Å². The molecule has 0 spiro atoms. The molecule has 0 fully saturated rings. The van der Waals surface area contributed by atoms with E-state index in [2.05, 4.69) is 15.0 Å². The third-order valence-electron chi connectivity index (χ3n) is 1.88. The van der Waals surface area contributed by atoms with Crippen molar-refractivity contribution in [2.75, 3.05) is 0 Å². The van der Waals surface area contributed by atoms with Crippen LogP contribution >= 0.6 is 0 Å². The molecule has 0 atom stereocenters. The summed E-state index contributed by atoms with van der Waals surface area (Å²) in [6.07, 6.45) is 2.62. The maximum Gasteiger partial charge on any atom is 0.294 e. The van der Waals surface area contributed by atoms with Crippen LogP contribution in [0.5, 0.6) is 0 Å². The Morgan fingerprint density at radius 2 is 1.81 bits per heavy atom. The summed E-state index contributed by atoms with van der Waals surface area (Å²) in [6, 6.07) is 5.73. The van der Waals surface area contributed by atoms with Gasteiger partial charge in [-0.2, -0.15) is 8.42 Å². The molecule has 2 rings (SSSR count). The molecular formula is C9H7N3O3S. The highest BCUT2D eigenvalue weighted by atomic mass is 32.2. The SMILES string of the molecule is O=S(=O)(O)c1cccc(-c2ncncn2)c1. The van der Waals surface area contributed by atoms with E-state index in [0.717, 1.165) is 0 Å². The first-order valence-electron chi connectivity index (χ1n) is 4.27. The van der Waals surface area contributed by atoms with Gasteiger partial charge in [0, 0.05) is 5.56 Å². The summed E-state index contributed by atoms with van der Waals surface area (Å²) in [7, 11) is -4.20. The Kier molecular flexibility index (Phi) is 2.63. The van der Waals surface area contributed by atoms with E-state index in [0.29, 0.717) is 11.4 Å². The van der Waals surface area contributed by atoms with Gasteiger partial charge in [-0.15, -0.1) is 0 Å². The van der Waals surface area contributed by atoms with Crippen molar-refractivity contribution in [3.8, 4) is 11.4 Å². The van der Waals surface area contributed by atoms with Crippen molar-refractivity contribution in [2.24, 2.45) is 0 Å². The Labute approximate surface area is 91.8 Å². The highest BCUT2D eigenvalue weighted by molar-refractivity contribution is 7.85. The summed E-state index contributed by atoms with van der Waals surface area (Å²) < 4.78 is 30.7. The largest absolute Gasteiger partial charge is 0.294 e. The molecule has 1 N–H and O–H groups in total. The summed E-state index contributed by atoms with van der Waals surface area (Å²) >= 11 is 0. The van der Waals surface area contributed by atoms with E-state index in [9.17, 15) is 8.42 Å². The van der Waals surface area contributed by atoms with Crippen LogP contribution in [0.25, 0.3) is 11.4 Å². The van der Waals surface area contributed by atoms with Crippen LogP contribution < -0.4 is 0 Å². The second-order valence-electron chi connectivity index (χ2n) is 2.96. The van der Waals surface area contributed by atoms with Gasteiger partial charge in [-0.3, -0.25) is 4.55 Å². The van der Waals surface area contributed by atoms with Crippen molar-refractivity contribution in [1.29, 1.82) is 0 Å². The van der Waals surface area contributed by atoms with Crippen molar-refractivity contribution in [3.05, 3.63) is 36.9 Å². The molecule has 16 heavy (non-hydrogen) atoms. The Hall–Kier alpha value is -1.86. The second kappa shape index (κ2) is 3.95. The highest BCUT2D eigenvalue weighted by Gasteiger charge is 2.10. The predicted octanol–water partition coefficient (Wildman–Crippen LogP) is 0.785. The Bertz CT molecular complexity index is 598. The van der Waals surface area contributed by atoms with E-state index in [1.165, 1.54) is 30.9 Å². The van der Waals surface area contributed by atoms with Gasteiger partial charge in [-0.1, -0.05) is 12.1 Å². The maximum atomic E-state index is 10.9. The molecule has 7 heteroatoms. The van der Waals surface area contributed by atoms with E-state index < -0.39 is 10.1 Å². The Balaban J connectivity index is 2.53. The number of hydrogen-bond donors (Lipinski definition) is 1. The Morgan fingerprint density at radius 1 is 1.12 bits per heavy atom. The lowest BCUT2D eigenvalue weighted by atomic mass is 10.2. The average molecular weight is 237 g/mol. The summed E-state index contributed by atoms with van der Waals surface area (Å²) in [5.74, 6) is 0.348. The van der Waals surface area contributed by atoms with Gasteiger partial charge in [-0.25, -0.2) is 15.0 Å². The minimum atomic E-state index is -4.20. The van der Waals surface area contributed by atoms with Crippen molar-refractivity contribution in [2.45, 2.75) is 4.90 Å². The Morgan fingerprint density at radius 3 is 2.44 bits per heavy atom. The molecule has 0 amide bonds. The van der Waals surface area contributed by atoms with Crippen molar-refractivity contribution in [1.82, 2.24) is 15.0 Å². The summed E-state index contributed by atoms with van der Waals surface area (Å²) in [4.78, 5) is 11.2. The molecule has 0 aliphatic rings. The third kappa shape index (κ3) is 2.20. The predicted molar refractivity (Wildman–Crippen MR) is 55.1 cm³/mol. The lowest BCUT2D eigenvalue weighted by molar-refractivity contribution is 0.483. The van der Waals surface area contributed by atoms with Gasteiger partial charge in [0.05, 0.1) is 4.90 Å². The zero-order chi connectivity index (χ0) is 11.6. The minimum Gasteiger partial charge on any atom is -0.282 e. The van der Waals surface area contributed by atoms with Gasteiger partial charge in [-0.05, 0) is 12.1 Å². The normalized spacial score (nSPS) is 11.3. The van der Waals surface area contributed by atoms with E-state index in [1.807, 2.05) is 0 Å². The van der Waals surface area contributed by atoms with E-state index in [1.54, 1.807) is 6.07 Å². The molecule has 0 saturated carbocycles. The van der Waals surface area contributed by atoms with Crippen LogP contribution in [-0.4, -0.2) is 27.9 Å². The maximum absolute atomic E-state index is 10.9. The zero-order valence-corrected chi connectivity index (χ0v) is 8.79. The van der Waals surface area contributed by atoms with Crippen LogP contribution in [0.15, 0.2) is 41.8 Å². The molecule has 2 aromatic rings. The fraction of sp³-hybridized carbons (Fsp3) is 0. The van der Waals surface area contributed by atoms with E-state index in [4.69, 9.17) is 4.55 Å². The van der Waals surface area contributed by atoms with E-state index >= 15 is 0 Å². The molecule has 82 valence electrons. The summed E-state index contributed by atoms with van der Waals surface area (Å²) in [6.45, 7) is 0. The zero-order valence-electron chi connectivity index (χ0n) is 7.98. The third-order valence-corrected chi connectivity index (χ3v) is 2.73. The van der Waals surface area contributed by atoms with Crippen LogP contribution in [0.3, 0.4) is 0 Å². The van der Waals surface area contributed by atoms with Gasteiger partial charge < -0.3 is 0 Å². The number of hydrogen-bond acceptors (Lipinski definition) is 5. The molecule has 1 aromatic carbocycles. The molecule has 0 saturated heterocycles. The second-order valence-corrected chi connectivity index (χ2v) is 4.39. The van der Waals surface area contributed by atoms with Gasteiger partial charge in [0.25, 0.3) is 10.1 Å². The highest BCUT2D eigenvalue weighted by Crippen LogP contribution is 2.18. The molecule has 0 unspecified atom stereocenters. The van der Waals surface area contributed by atoms with Crippen molar-refractivity contribution in [3.63, 3.8) is 0 Å². The standard InChI is InChI=1S/C9H7N3O3S/c13-16(14,15)8-3-1-2-7(4-8)9-11-5-10-6-12-9/h1-6H,(H,13,14,15). The molecule has 6 nitrogen and oxygen atoms in total. The lowest BCUT2D eigenvalue weighted by Gasteiger charge is -2.00. The van der Waals surface area contributed by atoms with Crippen LogP contribution in [0.1, 0.15) is 0 Å². The summed E-state index contributed by atoms with van der Waals surface area (Å²) in [5, 5.41) is 0. The van der Waals surface area contributed by atoms with Crippen LogP contribution in [0, 0.1) is 0 Å². The number of benzene rings is 1. The number of aromatic nitrogens is 3. The molecule has 0 bridgehead atoms. The number of rotatable bonds is 2. The van der Waals surface area contributed by atoms with Gasteiger partial charge >= 0.3 is 0 Å². The fourth-order valence-corrected chi connectivity index (χ4v) is 1.71. The lowest BCUT2D eigenvalue weighted by Crippen LogP contribution is -1.98. The minimum absolute atomic E-state index is 0.189. The molecule has 0 aliphatic heterocycles. The van der Waals surface area contributed by atoms with Gasteiger partial charge in [0.1, 0.15) is 12.7 Å². The fourth-order valence-electron chi connectivity index (χ4n) is 1.18. The quantitative estimate of drug-likeness (QED) is 0.776. The smallest absolute Gasteiger partial charge is 0.282 e. The van der Waals surface area contributed by atoms with Crippen LogP contribution in [0.2, 0.25) is 0 Å². The first-order valence-corrected chi connectivity index (χ1v) is 5.71. The monoisotopic (exact) mass is 237 g/mol. The average Bonchev–Trinajstić information content (AvgIpc) is 2.29. The van der Waals surface area contributed by atoms with Crippen LogP contribution in [-0.2, 0) is 10.1 Å². The van der Waals surface area contributed by atoms with Crippen LogP contribution in [0.4, 0.5) is 0 Å². The first kappa shape index (κ1) is 10.7. The first-order chi connectivity index (χ1) is 7.57. The summed E-state index contributed by atoms with van der Waals surface area (Å²) in [5.41, 5.74) is 0.498. The van der Waals surface area contributed by atoms with Gasteiger partial charge in [0.2, 0.25) is 0 Å². The molecule has 0 radical (unpaired) electrons. The van der Waals surface area contributed by atoms with Crippen molar-refractivity contribution < 1.29 is 13.0 Å². The number of nitrogens with zero attached hydrogens (tertiary/aromatic N) is 3. The topological polar surface area (TPSA) is 93.0 Å².